The zero-order chi connectivity index (χ0) is 11.5. The predicted molar refractivity (Wildman–Crippen MR) is 59.1 cm³/mol. The summed E-state index contributed by atoms with van der Waals surface area (Å²) < 4.78 is 5.07. The molecule has 0 spiro atoms. The lowest BCUT2D eigenvalue weighted by molar-refractivity contribution is -0.116. The van der Waals surface area contributed by atoms with Crippen molar-refractivity contribution in [3.05, 3.63) is 11.7 Å². The van der Waals surface area contributed by atoms with E-state index in [1.165, 1.54) is 19.8 Å². The Balaban J connectivity index is 1.99. The van der Waals surface area contributed by atoms with Crippen LogP contribution in [0.4, 0.5) is 0 Å². The van der Waals surface area contributed by atoms with Gasteiger partial charge >= 0.3 is 0 Å². The number of nitrogens with zero attached hydrogens (tertiary/aromatic N) is 2. The van der Waals surface area contributed by atoms with Gasteiger partial charge in [-0.1, -0.05) is 24.9 Å². The van der Waals surface area contributed by atoms with E-state index in [1.54, 1.807) is 0 Å². The van der Waals surface area contributed by atoms with Crippen molar-refractivity contribution >= 4 is 5.78 Å². The van der Waals surface area contributed by atoms with E-state index >= 15 is 0 Å². The summed E-state index contributed by atoms with van der Waals surface area (Å²) in [5.41, 5.74) is 0. The zero-order valence-electron chi connectivity index (χ0n) is 9.90. The maximum atomic E-state index is 10.9. The van der Waals surface area contributed by atoms with Crippen LogP contribution in [0, 0.1) is 5.92 Å². The van der Waals surface area contributed by atoms with Gasteiger partial charge in [0.15, 0.2) is 5.82 Å². The first-order chi connectivity index (χ1) is 7.65. The largest absolute Gasteiger partial charge is 0.339 e. The molecule has 0 bridgehead atoms. The third-order valence-corrected chi connectivity index (χ3v) is 3.26. The fourth-order valence-corrected chi connectivity index (χ4v) is 2.24. The minimum Gasteiger partial charge on any atom is -0.339 e. The number of hydrogen-bond acceptors (Lipinski definition) is 4. The average Bonchev–Trinajstić information content (AvgIpc) is 2.66. The van der Waals surface area contributed by atoms with Gasteiger partial charge in [0, 0.05) is 5.92 Å². The standard InChI is InChI=1S/C12H18N2O2/c1-8-3-5-10(6-4-8)12-13-11(16-14-12)7-9(2)15/h8,10H,3-7H2,1-2H3. The van der Waals surface area contributed by atoms with Gasteiger partial charge in [-0.05, 0) is 25.7 Å². The maximum absolute atomic E-state index is 10.9. The van der Waals surface area contributed by atoms with Crippen LogP contribution in [-0.4, -0.2) is 15.9 Å². The summed E-state index contributed by atoms with van der Waals surface area (Å²) in [5, 5.41) is 3.98. The number of hydrogen-bond donors (Lipinski definition) is 0. The highest BCUT2D eigenvalue weighted by Crippen LogP contribution is 2.33. The van der Waals surface area contributed by atoms with Crippen LogP contribution < -0.4 is 0 Å². The summed E-state index contributed by atoms with van der Waals surface area (Å²) in [6, 6.07) is 0. The molecule has 1 aromatic heterocycles. The van der Waals surface area contributed by atoms with Gasteiger partial charge in [-0.3, -0.25) is 4.79 Å². The van der Waals surface area contributed by atoms with Gasteiger partial charge in [0.25, 0.3) is 0 Å². The van der Waals surface area contributed by atoms with E-state index < -0.39 is 0 Å². The summed E-state index contributed by atoms with van der Waals surface area (Å²) >= 11 is 0. The van der Waals surface area contributed by atoms with Gasteiger partial charge in [0.2, 0.25) is 5.89 Å². The Hall–Kier alpha value is -1.19. The van der Waals surface area contributed by atoms with Gasteiger partial charge in [0.1, 0.15) is 5.78 Å². The van der Waals surface area contributed by atoms with Crippen molar-refractivity contribution in [2.24, 2.45) is 5.92 Å². The molecule has 1 saturated carbocycles. The van der Waals surface area contributed by atoms with E-state index in [0.29, 0.717) is 11.8 Å². The number of ketones is 1. The Morgan fingerprint density at radius 2 is 2.06 bits per heavy atom. The van der Waals surface area contributed by atoms with Crippen molar-refractivity contribution in [2.75, 3.05) is 0 Å². The fraction of sp³-hybridized carbons (Fsp3) is 0.750. The van der Waals surface area contributed by atoms with Crippen LogP contribution in [0.15, 0.2) is 4.52 Å². The number of carbonyl (C=O) groups excluding carboxylic acids is 1. The Bertz CT molecular complexity index is 365. The molecule has 1 aliphatic carbocycles. The van der Waals surface area contributed by atoms with Gasteiger partial charge < -0.3 is 4.52 Å². The van der Waals surface area contributed by atoms with E-state index in [1.807, 2.05) is 0 Å². The van der Waals surface area contributed by atoms with Gasteiger partial charge in [-0.25, -0.2) is 0 Å². The summed E-state index contributed by atoms with van der Waals surface area (Å²) in [7, 11) is 0. The van der Waals surface area contributed by atoms with Crippen LogP contribution >= 0.6 is 0 Å². The van der Waals surface area contributed by atoms with Crippen molar-refractivity contribution in [3.63, 3.8) is 0 Å². The molecule has 4 nitrogen and oxygen atoms in total. The molecule has 0 aromatic carbocycles. The van der Waals surface area contributed by atoms with Crippen molar-refractivity contribution < 1.29 is 9.32 Å². The lowest BCUT2D eigenvalue weighted by Crippen LogP contribution is -2.12. The average molecular weight is 222 g/mol. The minimum absolute atomic E-state index is 0.0625. The van der Waals surface area contributed by atoms with Crippen molar-refractivity contribution in [2.45, 2.75) is 51.9 Å². The van der Waals surface area contributed by atoms with Crippen LogP contribution in [0.5, 0.6) is 0 Å². The van der Waals surface area contributed by atoms with Crippen LogP contribution in [0.2, 0.25) is 0 Å². The highest BCUT2D eigenvalue weighted by atomic mass is 16.5. The molecule has 2 rings (SSSR count). The predicted octanol–water partition coefficient (Wildman–Crippen LogP) is 2.49. The van der Waals surface area contributed by atoms with Crippen molar-refractivity contribution in [1.82, 2.24) is 10.1 Å². The SMILES string of the molecule is CC(=O)Cc1nc(C2CCC(C)CC2)no1. The van der Waals surface area contributed by atoms with E-state index in [9.17, 15) is 4.79 Å². The second kappa shape index (κ2) is 4.76. The van der Waals surface area contributed by atoms with Crippen LogP contribution in [0.25, 0.3) is 0 Å². The second-order valence-electron chi connectivity index (χ2n) is 4.88. The molecule has 0 atom stereocenters. The molecule has 88 valence electrons. The summed E-state index contributed by atoms with van der Waals surface area (Å²) in [6.07, 6.45) is 5.01. The van der Waals surface area contributed by atoms with Gasteiger partial charge in [-0.2, -0.15) is 4.98 Å². The Labute approximate surface area is 95.4 Å². The quantitative estimate of drug-likeness (QED) is 0.788. The lowest BCUT2D eigenvalue weighted by atomic mass is 9.83. The van der Waals surface area contributed by atoms with Crippen molar-refractivity contribution in [1.29, 1.82) is 0 Å². The smallest absolute Gasteiger partial charge is 0.234 e. The zero-order valence-corrected chi connectivity index (χ0v) is 9.90. The van der Waals surface area contributed by atoms with Crippen LogP contribution in [0.1, 0.15) is 57.2 Å². The Morgan fingerprint density at radius 3 is 2.69 bits per heavy atom. The third kappa shape index (κ3) is 2.68. The molecule has 4 heteroatoms. The molecule has 1 aromatic rings. The van der Waals surface area contributed by atoms with Crippen LogP contribution in [-0.2, 0) is 11.2 Å². The molecule has 1 aliphatic rings. The normalized spacial score (nSPS) is 25.6. The Kier molecular flexibility index (Phi) is 3.36. The number of aromatic nitrogens is 2. The second-order valence-corrected chi connectivity index (χ2v) is 4.88. The summed E-state index contributed by atoms with van der Waals surface area (Å²) in [5.74, 6) is 2.57. The fourth-order valence-electron chi connectivity index (χ4n) is 2.24. The number of carbonyl (C=O) groups is 1. The maximum Gasteiger partial charge on any atom is 0.234 e. The summed E-state index contributed by atoms with van der Waals surface area (Å²) in [4.78, 5) is 15.2. The molecule has 0 saturated heterocycles. The molecule has 0 aliphatic heterocycles. The molecule has 0 unspecified atom stereocenters. The van der Waals surface area contributed by atoms with E-state index in [0.717, 1.165) is 24.6 Å². The minimum atomic E-state index is 0.0625. The first-order valence-electron chi connectivity index (χ1n) is 5.97. The van der Waals surface area contributed by atoms with E-state index in [4.69, 9.17) is 4.52 Å². The monoisotopic (exact) mass is 222 g/mol. The highest BCUT2D eigenvalue weighted by Gasteiger charge is 2.23. The molecular formula is C12H18N2O2. The summed E-state index contributed by atoms with van der Waals surface area (Å²) in [6.45, 7) is 3.82. The van der Waals surface area contributed by atoms with Gasteiger partial charge in [-0.15, -0.1) is 0 Å². The molecule has 0 N–H and O–H groups in total. The molecule has 0 amide bonds. The third-order valence-electron chi connectivity index (χ3n) is 3.26. The van der Waals surface area contributed by atoms with Crippen molar-refractivity contribution in [3.8, 4) is 0 Å². The molecule has 0 radical (unpaired) electrons. The highest BCUT2D eigenvalue weighted by molar-refractivity contribution is 5.77. The molecule has 16 heavy (non-hydrogen) atoms. The van der Waals surface area contributed by atoms with Crippen LogP contribution in [0.3, 0.4) is 0 Å². The molecular weight excluding hydrogens is 204 g/mol. The van der Waals surface area contributed by atoms with Gasteiger partial charge in [0.05, 0.1) is 6.42 Å². The lowest BCUT2D eigenvalue weighted by Gasteiger charge is -2.23. The molecule has 1 heterocycles. The number of Topliss-reactive ketones (excluding diaryl/α,β-unsaturated/α-hetero) is 1. The molecule has 1 fully saturated rings. The first-order valence-corrected chi connectivity index (χ1v) is 5.97. The first kappa shape index (κ1) is 11.3. The van der Waals surface area contributed by atoms with E-state index in [-0.39, 0.29) is 12.2 Å². The topological polar surface area (TPSA) is 56.0 Å². The van der Waals surface area contributed by atoms with E-state index in [2.05, 4.69) is 17.1 Å². The Morgan fingerprint density at radius 1 is 1.38 bits per heavy atom. The number of rotatable bonds is 3.